The Morgan fingerprint density at radius 1 is 1.17 bits per heavy atom. The first-order chi connectivity index (χ1) is 16.8. The molecule has 0 aromatic carbocycles. The summed E-state index contributed by atoms with van der Waals surface area (Å²) in [5.41, 5.74) is 2.46. The van der Waals surface area contributed by atoms with Gasteiger partial charge in [0.1, 0.15) is 11.6 Å². The Morgan fingerprint density at radius 3 is 2.54 bits per heavy atom. The van der Waals surface area contributed by atoms with Crippen LogP contribution < -0.4 is 0 Å². The minimum Gasteiger partial charge on any atom is -0.336 e. The van der Waals surface area contributed by atoms with Crippen LogP contribution in [0.15, 0.2) is 11.6 Å². The number of ketones is 1. The number of thiazole rings is 1. The molecule has 1 amide bonds. The SMILES string of the molecule is CC(=O)C[C@@H](CCN1C2CCC1CC(n1c(C)nc3c1CCN(C(=O)C(C)C)C3)C2)c1nccs1. The molecule has 2 aromatic heterocycles. The molecule has 2 aromatic rings. The Balaban J connectivity index is 1.26. The molecule has 2 bridgehead atoms. The van der Waals surface area contributed by atoms with Crippen molar-refractivity contribution in [3.63, 3.8) is 0 Å². The van der Waals surface area contributed by atoms with Crippen LogP contribution in [-0.4, -0.2) is 61.2 Å². The maximum absolute atomic E-state index is 12.5. The first-order valence-corrected chi connectivity index (χ1v) is 14.2. The summed E-state index contributed by atoms with van der Waals surface area (Å²) in [5.74, 6) is 1.86. The van der Waals surface area contributed by atoms with Crippen LogP contribution in [0.25, 0.3) is 0 Å². The number of fused-ring (bicyclic) bond motifs is 3. The number of aryl methyl sites for hydroxylation is 1. The van der Waals surface area contributed by atoms with Gasteiger partial charge in [-0.15, -0.1) is 11.3 Å². The molecule has 190 valence electrons. The summed E-state index contributed by atoms with van der Waals surface area (Å²) in [7, 11) is 0. The molecular formula is C27H39N5O2S. The molecule has 3 atom stereocenters. The number of amides is 1. The van der Waals surface area contributed by atoms with Gasteiger partial charge in [0, 0.05) is 66.6 Å². The quantitative estimate of drug-likeness (QED) is 0.537. The summed E-state index contributed by atoms with van der Waals surface area (Å²) >= 11 is 1.68. The van der Waals surface area contributed by atoms with Crippen molar-refractivity contribution in [2.24, 2.45) is 5.92 Å². The van der Waals surface area contributed by atoms with Crippen LogP contribution in [0.2, 0.25) is 0 Å². The second-order valence-corrected chi connectivity index (χ2v) is 12.0. The first kappa shape index (κ1) is 24.6. The minimum atomic E-state index is 0.0327. The maximum Gasteiger partial charge on any atom is 0.225 e. The van der Waals surface area contributed by atoms with Crippen LogP contribution in [0.1, 0.15) is 93.5 Å². The number of Topliss-reactive ketones (excluding diaryl/α,β-unsaturated/α-hetero) is 1. The van der Waals surface area contributed by atoms with Gasteiger partial charge in [0.2, 0.25) is 5.91 Å². The number of hydrogen-bond acceptors (Lipinski definition) is 6. The van der Waals surface area contributed by atoms with Gasteiger partial charge in [-0.2, -0.15) is 0 Å². The van der Waals surface area contributed by atoms with Gasteiger partial charge in [0.05, 0.1) is 17.2 Å². The zero-order valence-corrected chi connectivity index (χ0v) is 22.4. The van der Waals surface area contributed by atoms with Crippen LogP contribution in [0.4, 0.5) is 0 Å². The average Bonchev–Trinajstić information content (AvgIpc) is 3.51. The van der Waals surface area contributed by atoms with Crippen LogP contribution in [0.3, 0.4) is 0 Å². The van der Waals surface area contributed by atoms with Crippen LogP contribution in [-0.2, 0) is 22.6 Å². The van der Waals surface area contributed by atoms with E-state index in [-0.39, 0.29) is 23.5 Å². The maximum atomic E-state index is 12.5. The zero-order valence-electron chi connectivity index (χ0n) is 21.6. The third-order valence-corrected chi connectivity index (χ3v) is 9.27. The van der Waals surface area contributed by atoms with E-state index < -0.39 is 0 Å². The Hall–Kier alpha value is -2.06. The fourth-order valence-electron chi connectivity index (χ4n) is 6.80. The van der Waals surface area contributed by atoms with E-state index in [0.29, 0.717) is 31.1 Å². The van der Waals surface area contributed by atoms with Crippen molar-refractivity contribution in [3.8, 4) is 0 Å². The van der Waals surface area contributed by atoms with Crippen molar-refractivity contribution in [1.82, 2.24) is 24.3 Å². The van der Waals surface area contributed by atoms with E-state index in [4.69, 9.17) is 4.98 Å². The molecule has 2 unspecified atom stereocenters. The lowest BCUT2D eigenvalue weighted by Crippen LogP contribution is -2.45. The topological polar surface area (TPSA) is 71.3 Å². The molecule has 0 spiro atoms. The van der Waals surface area contributed by atoms with Gasteiger partial charge < -0.3 is 14.3 Å². The lowest BCUT2D eigenvalue weighted by Gasteiger charge is -2.41. The zero-order chi connectivity index (χ0) is 24.7. The average molecular weight is 498 g/mol. The predicted molar refractivity (Wildman–Crippen MR) is 137 cm³/mol. The second kappa shape index (κ2) is 10.1. The summed E-state index contributed by atoms with van der Waals surface area (Å²) in [5, 5.41) is 3.12. The van der Waals surface area contributed by atoms with Crippen molar-refractivity contribution in [2.45, 2.75) is 103 Å². The molecular weight excluding hydrogens is 458 g/mol. The van der Waals surface area contributed by atoms with Crippen LogP contribution >= 0.6 is 11.3 Å². The number of rotatable bonds is 8. The number of nitrogens with zero attached hydrogens (tertiary/aromatic N) is 5. The molecule has 0 saturated carbocycles. The largest absolute Gasteiger partial charge is 0.336 e. The number of aromatic nitrogens is 3. The Labute approximate surface area is 212 Å². The second-order valence-electron chi connectivity index (χ2n) is 11.1. The van der Waals surface area contributed by atoms with Crippen molar-refractivity contribution < 1.29 is 9.59 Å². The monoisotopic (exact) mass is 497 g/mol. The van der Waals surface area contributed by atoms with Crippen molar-refractivity contribution >= 4 is 23.0 Å². The summed E-state index contributed by atoms with van der Waals surface area (Å²) in [6.07, 6.45) is 9.23. The molecule has 0 N–H and O–H groups in total. The molecule has 5 rings (SSSR count). The number of imidazole rings is 1. The number of piperidine rings is 1. The van der Waals surface area contributed by atoms with Crippen molar-refractivity contribution in [2.75, 3.05) is 13.1 Å². The molecule has 35 heavy (non-hydrogen) atoms. The highest BCUT2D eigenvalue weighted by atomic mass is 32.1. The standard InChI is InChI=1S/C27H39N5O2S/c1-17(2)27(34)30-10-8-25-24(16-30)29-19(4)32(25)23-14-21-5-6-22(15-23)31(21)11-7-20(13-18(3)33)26-28-9-12-35-26/h9,12,17,20-23H,5-8,10-11,13-16H2,1-4H3/t20-,21?,22?,23?/m1/s1. The van der Waals surface area contributed by atoms with Crippen molar-refractivity contribution in [1.29, 1.82) is 0 Å². The highest BCUT2D eigenvalue weighted by Crippen LogP contribution is 2.43. The van der Waals surface area contributed by atoms with Crippen LogP contribution in [0.5, 0.6) is 0 Å². The first-order valence-electron chi connectivity index (χ1n) is 13.3. The highest BCUT2D eigenvalue weighted by Gasteiger charge is 2.42. The molecule has 3 aliphatic rings. The summed E-state index contributed by atoms with van der Waals surface area (Å²) in [6, 6.07) is 1.71. The van der Waals surface area contributed by atoms with E-state index in [2.05, 4.69) is 21.4 Å². The molecule has 3 aliphatic heterocycles. The molecule has 2 fully saturated rings. The molecule has 0 aliphatic carbocycles. The lowest BCUT2D eigenvalue weighted by atomic mass is 9.94. The van der Waals surface area contributed by atoms with Gasteiger partial charge in [-0.05, 0) is 52.5 Å². The van der Waals surface area contributed by atoms with Crippen LogP contribution in [0, 0.1) is 12.8 Å². The van der Waals surface area contributed by atoms with Gasteiger partial charge in [-0.1, -0.05) is 13.8 Å². The van der Waals surface area contributed by atoms with E-state index in [1.165, 1.54) is 31.4 Å². The van der Waals surface area contributed by atoms with Gasteiger partial charge in [0.15, 0.2) is 0 Å². The number of carbonyl (C=O) groups is 2. The molecule has 2 saturated heterocycles. The Bertz CT molecular complexity index is 1050. The predicted octanol–water partition coefficient (Wildman–Crippen LogP) is 4.51. The number of hydrogen-bond donors (Lipinski definition) is 0. The smallest absolute Gasteiger partial charge is 0.225 e. The molecule has 0 radical (unpaired) electrons. The van der Waals surface area contributed by atoms with E-state index in [9.17, 15) is 9.59 Å². The fraction of sp³-hybridized carbons (Fsp3) is 0.704. The third kappa shape index (κ3) is 4.96. The summed E-state index contributed by atoms with van der Waals surface area (Å²) in [6.45, 7) is 10.3. The van der Waals surface area contributed by atoms with E-state index in [1.54, 1.807) is 18.3 Å². The lowest BCUT2D eigenvalue weighted by molar-refractivity contribution is -0.135. The Morgan fingerprint density at radius 2 is 1.91 bits per heavy atom. The van der Waals surface area contributed by atoms with Gasteiger partial charge in [0.25, 0.3) is 0 Å². The fourth-order valence-corrected chi connectivity index (χ4v) is 7.58. The van der Waals surface area contributed by atoms with E-state index in [0.717, 1.165) is 42.5 Å². The summed E-state index contributed by atoms with van der Waals surface area (Å²) in [4.78, 5) is 38.6. The van der Waals surface area contributed by atoms with Gasteiger partial charge >= 0.3 is 0 Å². The minimum absolute atomic E-state index is 0.0327. The third-order valence-electron chi connectivity index (χ3n) is 8.33. The Kier molecular flexibility index (Phi) is 7.13. The van der Waals surface area contributed by atoms with E-state index in [1.807, 2.05) is 30.3 Å². The van der Waals surface area contributed by atoms with Gasteiger partial charge in [-0.3, -0.25) is 9.69 Å². The molecule has 8 heteroatoms. The number of carbonyl (C=O) groups excluding carboxylic acids is 2. The molecule has 7 nitrogen and oxygen atoms in total. The highest BCUT2D eigenvalue weighted by molar-refractivity contribution is 7.09. The van der Waals surface area contributed by atoms with Gasteiger partial charge in [-0.25, -0.2) is 9.97 Å². The normalized spacial score (nSPS) is 25.2. The summed E-state index contributed by atoms with van der Waals surface area (Å²) < 4.78 is 2.53. The molecule has 5 heterocycles. The van der Waals surface area contributed by atoms with Crippen molar-refractivity contribution in [3.05, 3.63) is 33.8 Å². The van der Waals surface area contributed by atoms with E-state index >= 15 is 0 Å².